The van der Waals surface area contributed by atoms with Gasteiger partial charge in [-0.15, -0.1) is 0 Å². The number of benzene rings is 1. The van der Waals surface area contributed by atoms with Crippen molar-refractivity contribution in [3.05, 3.63) is 34.9 Å². The molecule has 16 heavy (non-hydrogen) atoms. The van der Waals surface area contributed by atoms with E-state index in [1.165, 1.54) is 29.5 Å². The van der Waals surface area contributed by atoms with Crippen LogP contribution in [-0.2, 0) is 13.0 Å². The lowest BCUT2D eigenvalue weighted by atomic mass is 9.92. The van der Waals surface area contributed by atoms with Crippen molar-refractivity contribution in [1.29, 1.82) is 0 Å². The molecule has 0 aliphatic heterocycles. The Morgan fingerprint density at radius 2 is 1.88 bits per heavy atom. The lowest BCUT2D eigenvalue weighted by molar-refractivity contribution is 0.402. The Labute approximate surface area is 100 Å². The van der Waals surface area contributed by atoms with E-state index >= 15 is 0 Å². The van der Waals surface area contributed by atoms with Gasteiger partial charge in [-0.3, -0.25) is 0 Å². The first-order chi connectivity index (χ1) is 7.54. The first kappa shape index (κ1) is 13.2. The van der Waals surface area contributed by atoms with Crippen molar-refractivity contribution in [2.45, 2.75) is 46.1 Å². The molecular formula is C15H25N. The summed E-state index contributed by atoms with van der Waals surface area (Å²) in [6.07, 6.45) is 2.43. The van der Waals surface area contributed by atoms with E-state index in [1.807, 2.05) is 0 Å². The summed E-state index contributed by atoms with van der Waals surface area (Å²) in [5, 5.41) is 0. The molecule has 0 spiro atoms. The monoisotopic (exact) mass is 219 g/mol. The Bertz CT molecular complexity index is 326. The minimum Gasteiger partial charge on any atom is -0.305 e. The van der Waals surface area contributed by atoms with Gasteiger partial charge in [0.05, 0.1) is 0 Å². The van der Waals surface area contributed by atoms with Gasteiger partial charge in [-0.05, 0) is 43.1 Å². The molecule has 0 saturated heterocycles. The maximum absolute atomic E-state index is 2.38. The van der Waals surface area contributed by atoms with E-state index in [0.29, 0.717) is 5.92 Å². The molecule has 90 valence electrons. The molecule has 0 aliphatic rings. The zero-order valence-corrected chi connectivity index (χ0v) is 11.4. The molecule has 1 heteroatoms. The van der Waals surface area contributed by atoms with Crippen molar-refractivity contribution in [1.82, 2.24) is 4.90 Å². The normalized spacial score (nSPS) is 11.4. The van der Waals surface area contributed by atoms with Gasteiger partial charge in [0.2, 0.25) is 0 Å². The largest absolute Gasteiger partial charge is 0.305 e. The minimum atomic E-state index is 0.628. The maximum Gasteiger partial charge on any atom is 0.0227 e. The van der Waals surface area contributed by atoms with Crippen LogP contribution in [0.5, 0.6) is 0 Å². The summed E-state index contributed by atoms with van der Waals surface area (Å²) in [5.41, 5.74) is 4.48. The third-order valence-corrected chi connectivity index (χ3v) is 2.85. The molecule has 0 heterocycles. The summed E-state index contributed by atoms with van der Waals surface area (Å²) >= 11 is 0. The van der Waals surface area contributed by atoms with Crippen molar-refractivity contribution in [2.75, 3.05) is 14.1 Å². The summed E-state index contributed by atoms with van der Waals surface area (Å²) in [6, 6.07) is 6.98. The SMILES string of the molecule is CCCc1ccc(CN(C)C)cc1C(C)C. The zero-order valence-electron chi connectivity index (χ0n) is 11.4. The van der Waals surface area contributed by atoms with Crippen molar-refractivity contribution >= 4 is 0 Å². The van der Waals surface area contributed by atoms with E-state index in [-0.39, 0.29) is 0 Å². The summed E-state index contributed by atoms with van der Waals surface area (Å²) in [4.78, 5) is 2.22. The van der Waals surface area contributed by atoms with E-state index in [2.05, 4.69) is 58.0 Å². The topological polar surface area (TPSA) is 3.24 Å². The number of rotatable bonds is 5. The first-order valence-electron chi connectivity index (χ1n) is 6.31. The van der Waals surface area contributed by atoms with E-state index in [0.717, 1.165) is 6.54 Å². The molecule has 1 rings (SSSR count). The Balaban J connectivity index is 2.97. The molecule has 0 saturated carbocycles. The van der Waals surface area contributed by atoms with Gasteiger partial charge in [0.1, 0.15) is 0 Å². The van der Waals surface area contributed by atoms with Gasteiger partial charge in [-0.25, -0.2) is 0 Å². The average molecular weight is 219 g/mol. The molecule has 0 fully saturated rings. The molecule has 0 radical (unpaired) electrons. The van der Waals surface area contributed by atoms with Crippen LogP contribution in [0.15, 0.2) is 18.2 Å². The summed E-state index contributed by atoms with van der Waals surface area (Å²) in [6.45, 7) is 7.85. The Kier molecular flexibility index (Phi) is 5.01. The van der Waals surface area contributed by atoms with E-state index in [4.69, 9.17) is 0 Å². The Morgan fingerprint density at radius 3 is 2.38 bits per heavy atom. The van der Waals surface area contributed by atoms with E-state index < -0.39 is 0 Å². The van der Waals surface area contributed by atoms with Crippen molar-refractivity contribution < 1.29 is 0 Å². The van der Waals surface area contributed by atoms with Gasteiger partial charge < -0.3 is 4.90 Å². The average Bonchev–Trinajstić information content (AvgIpc) is 2.19. The lowest BCUT2D eigenvalue weighted by Crippen LogP contribution is -2.11. The van der Waals surface area contributed by atoms with Crippen LogP contribution in [0.4, 0.5) is 0 Å². The van der Waals surface area contributed by atoms with Crippen LogP contribution in [0, 0.1) is 0 Å². The van der Waals surface area contributed by atoms with Crippen LogP contribution in [0.25, 0.3) is 0 Å². The molecule has 0 atom stereocenters. The molecule has 0 unspecified atom stereocenters. The molecule has 1 aromatic rings. The number of nitrogens with zero attached hydrogens (tertiary/aromatic N) is 1. The van der Waals surface area contributed by atoms with Crippen LogP contribution in [0.1, 0.15) is 49.8 Å². The predicted molar refractivity (Wildman–Crippen MR) is 71.9 cm³/mol. The maximum atomic E-state index is 2.38. The molecule has 0 bridgehead atoms. The highest BCUT2D eigenvalue weighted by Gasteiger charge is 2.07. The van der Waals surface area contributed by atoms with Crippen molar-refractivity contribution in [3.8, 4) is 0 Å². The highest BCUT2D eigenvalue weighted by molar-refractivity contribution is 5.34. The second-order valence-electron chi connectivity index (χ2n) is 5.18. The number of hydrogen-bond acceptors (Lipinski definition) is 1. The third kappa shape index (κ3) is 3.64. The summed E-state index contributed by atoms with van der Waals surface area (Å²) < 4.78 is 0. The van der Waals surface area contributed by atoms with E-state index in [9.17, 15) is 0 Å². The highest BCUT2D eigenvalue weighted by Crippen LogP contribution is 2.22. The number of hydrogen-bond donors (Lipinski definition) is 0. The molecular weight excluding hydrogens is 194 g/mol. The second kappa shape index (κ2) is 6.05. The minimum absolute atomic E-state index is 0.628. The van der Waals surface area contributed by atoms with Crippen LogP contribution in [-0.4, -0.2) is 19.0 Å². The predicted octanol–water partition coefficient (Wildman–Crippen LogP) is 3.82. The number of aryl methyl sites for hydroxylation is 1. The molecule has 0 N–H and O–H groups in total. The lowest BCUT2D eigenvalue weighted by Gasteiger charge is -2.16. The fraction of sp³-hybridized carbons (Fsp3) is 0.600. The Morgan fingerprint density at radius 1 is 1.19 bits per heavy atom. The van der Waals surface area contributed by atoms with Gasteiger partial charge >= 0.3 is 0 Å². The van der Waals surface area contributed by atoms with Crippen molar-refractivity contribution in [3.63, 3.8) is 0 Å². The van der Waals surface area contributed by atoms with Crippen LogP contribution in [0.3, 0.4) is 0 Å². The second-order valence-corrected chi connectivity index (χ2v) is 5.18. The fourth-order valence-corrected chi connectivity index (χ4v) is 2.14. The molecule has 1 aromatic carbocycles. The van der Waals surface area contributed by atoms with Crippen molar-refractivity contribution in [2.24, 2.45) is 0 Å². The molecule has 1 nitrogen and oxygen atoms in total. The first-order valence-corrected chi connectivity index (χ1v) is 6.31. The molecule has 0 aliphatic carbocycles. The van der Waals surface area contributed by atoms with Gasteiger partial charge in [0.25, 0.3) is 0 Å². The zero-order chi connectivity index (χ0) is 12.1. The van der Waals surface area contributed by atoms with Crippen LogP contribution >= 0.6 is 0 Å². The van der Waals surface area contributed by atoms with Gasteiger partial charge in [-0.1, -0.05) is 45.4 Å². The molecule has 0 aromatic heterocycles. The van der Waals surface area contributed by atoms with Gasteiger partial charge in [0.15, 0.2) is 0 Å². The fourth-order valence-electron chi connectivity index (χ4n) is 2.14. The third-order valence-electron chi connectivity index (χ3n) is 2.85. The summed E-state index contributed by atoms with van der Waals surface area (Å²) in [7, 11) is 4.24. The quantitative estimate of drug-likeness (QED) is 0.727. The standard InChI is InChI=1S/C15H25N/c1-6-7-14-9-8-13(11-16(4)5)10-15(14)12(2)3/h8-10,12H,6-7,11H2,1-5H3. The Hall–Kier alpha value is -0.820. The van der Waals surface area contributed by atoms with Crippen LogP contribution < -0.4 is 0 Å². The molecule has 0 amide bonds. The van der Waals surface area contributed by atoms with Gasteiger partial charge in [0, 0.05) is 6.54 Å². The smallest absolute Gasteiger partial charge is 0.0227 e. The summed E-state index contributed by atoms with van der Waals surface area (Å²) in [5.74, 6) is 0.628. The highest BCUT2D eigenvalue weighted by atomic mass is 15.0. The van der Waals surface area contributed by atoms with E-state index in [1.54, 1.807) is 0 Å². The van der Waals surface area contributed by atoms with Crippen LogP contribution in [0.2, 0.25) is 0 Å². The van der Waals surface area contributed by atoms with Gasteiger partial charge in [-0.2, -0.15) is 0 Å².